The maximum atomic E-state index is 13.9. The Morgan fingerprint density at radius 3 is 2.00 bits per heavy atom. The zero-order chi connectivity index (χ0) is 16.0. The number of alkyl halides is 8. The molecule has 0 aromatic heterocycles. The molecule has 1 fully saturated rings. The Kier molecular flexibility index (Phi) is 4.33. The molecule has 0 heterocycles. The molecule has 0 aliphatic heterocycles. The van der Waals surface area contributed by atoms with E-state index in [9.17, 15) is 35.1 Å². The molecule has 0 aromatic rings. The number of rotatable bonds is 4. The van der Waals surface area contributed by atoms with Crippen LogP contribution in [0.5, 0.6) is 0 Å². The Morgan fingerprint density at radius 2 is 1.70 bits per heavy atom. The molecule has 10 heteroatoms. The van der Waals surface area contributed by atoms with E-state index in [2.05, 4.69) is 9.47 Å². The van der Waals surface area contributed by atoms with E-state index in [1.807, 2.05) is 0 Å². The highest BCUT2D eigenvalue weighted by Crippen LogP contribution is 2.64. The summed E-state index contributed by atoms with van der Waals surface area (Å²) in [4.78, 5) is 0. The van der Waals surface area contributed by atoms with Crippen LogP contribution >= 0.6 is 0 Å². The topological polar surface area (TPSA) is 18.5 Å². The lowest BCUT2D eigenvalue weighted by atomic mass is 9.90. The van der Waals surface area contributed by atoms with E-state index in [1.54, 1.807) is 0 Å². The summed E-state index contributed by atoms with van der Waals surface area (Å²) in [6.07, 6.45) is -11.7. The summed E-state index contributed by atoms with van der Waals surface area (Å²) >= 11 is 0. The van der Waals surface area contributed by atoms with Gasteiger partial charge in [0, 0.05) is 13.0 Å². The fraction of sp³-hybridized carbons (Fsp3) is 1.00. The number of hydrogen-bond acceptors (Lipinski definition) is 2. The molecular formula is C10H12F8O2. The summed E-state index contributed by atoms with van der Waals surface area (Å²) < 4.78 is 114. The van der Waals surface area contributed by atoms with Gasteiger partial charge in [0.25, 0.3) is 6.43 Å². The zero-order valence-electron chi connectivity index (χ0n) is 10.4. The van der Waals surface area contributed by atoms with Crippen molar-refractivity contribution in [3.05, 3.63) is 0 Å². The monoisotopic (exact) mass is 316 g/mol. The Labute approximate surface area is 109 Å². The van der Waals surface area contributed by atoms with Gasteiger partial charge in [0.05, 0.1) is 0 Å². The van der Waals surface area contributed by atoms with Gasteiger partial charge in [-0.3, -0.25) is 0 Å². The highest BCUT2D eigenvalue weighted by atomic mass is 19.4. The molecule has 120 valence electrons. The van der Waals surface area contributed by atoms with Gasteiger partial charge in [-0.25, -0.2) is 13.2 Å². The average Bonchev–Trinajstić information content (AvgIpc) is 2.45. The van der Waals surface area contributed by atoms with Gasteiger partial charge in [-0.15, -0.1) is 0 Å². The normalized spacial score (nSPS) is 37.6. The zero-order valence-corrected chi connectivity index (χ0v) is 10.4. The summed E-state index contributed by atoms with van der Waals surface area (Å²) in [5.41, 5.74) is -8.98. The van der Waals surface area contributed by atoms with Crippen molar-refractivity contribution >= 4 is 0 Å². The quantitative estimate of drug-likeness (QED) is 0.583. The van der Waals surface area contributed by atoms with Gasteiger partial charge in [-0.1, -0.05) is 6.92 Å². The molecule has 3 atom stereocenters. The molecule has 0 N–H and O–H groups in total. The Balaban J connectivity index is 3.41. The van der Waals surface area contributed by atoms with Gasteiger partial charge in [0.15, 0.2) is 0 Å². The first-order chi connectivity index (χ1) is 8.88. The van der Waals surface area contributed by atoms with Crippen LogP contribution in [0.3, 0.4) is 0 Å². The molecule has 0 aromatic carbocycles. The van der Waals surface area contributed by atoms with Crippen LogP contribution in [0.2, 0.25) is 0 Å². The standard InChI is InChI=1S/C10H12F8O2/c1-5-3-7(10(16,17)18,20-4-19-2)9(14,15)8(5,13)6(11)12/h5-6H,3-4H2,1-2H3. The fourth-order valence-electron chi connectivity index (χ4n) is 2.36. The van der Waals surface area contributed by atoms with Crippen molar-refractivity contribution in [2.24, 2.45) is 5.92 Å². The third-order valence-electron chi connectivity index (χ3n) is 3.50. The van der Waals surface area contributed by atoms with Gasteiger partial charge >= 0.3 is 12.1 Å². The third-order valence-corrected chi connectivity index (χ3v) is 3.50. The molecule has 0 bridgehead atoms. The maximum Gasteiger partial charge on any atom is 0.423 e. The highest BCUT2D eigenvalue weighted by molar-refractivity contribution is 5.20. The maximum absolute atomic E-state index is 13.9. The number of ether oxygens (including phenoxy) is 2. The second-order valence-electron chi connectivity index (χ2n) is 4.62. The largest absolute Gasteiger partial charge is 0.423 e. The Hall–Kier alpha value is -0.640. The summed E-state index contributed by atoms with van der Waals surface area (Å²) in [6.45, 7) is -0.676. The lowest BCUT2D eigenvalue weighted by Gasteiger charge is -2.39. The lowest BCUT2D eigenvalue weighted by molar-refractivity contribution is -0.370. The van der Waals surface area contributed by atoms with Crippen molar-refractivity contribution in [2.75, 3.05) is 13.9 Å². The number of hydrogen-bond donors (Lipinski definition) is 0. The van der Waals surface area contributed by atoms with E-state index >= 15 is 0 Å². The molecule has 1 aliphatic rings. The van der Waals surface area contributed by atoms with Gasteiger partial charge in [0.1, 0.15) is 6.79 Å². The van der Waals surface area contributed by atoms with Crippen LogP contribution in [0, 0.1) is 5.92 Å². The van der Waals surface area contributed by atoms with Crippen LogP contribution in [-0.4, -0.2) is 43.7 Å². The van der Waals surface area contributed by atoms with Gasteiger partial charge < -0.3 is 9.47 Å². The summed E-state index contributed by atoms with van der Waals surface area (Å²) in [5, 5.41) is 0. The summed E-state index contributed by atoms with van der Waals surface area (Å²) in [6, 6.07) is 0. The minimum Gasteiger partial charge on any atom is -0.359 e. The van der Waals surface area contributed by atoms with Crippen LogP contribution in [0.4, 0.5) is 35.1 Å². The van der Waals surface area contributed by atoms with Crippen molar-refractivity contribution in [1.82, 2.24) is 0 Å². The molecule has 2 nitrogen and oxygen atoms in total. The molecular weight excluding hydrogens is 304 g/mol. The average molecular weight is 316 g/mol. The van der Waals surface area contributed by atoms with Crippen LogP contribution in [0.1, 0.15) is 13.3 Å². The minimum absolute atomic E-state index is 0.559. The lowest BCUT2D eigenvalue weighted by Crippen LogP contribution is -2.64. The molecule has 1 aliphatic carbocycles. The van der Waals surface area contributed by atoms with Gasteiger partial charge in [-0.2, -0.15) is 22.0 Å². The third kappa shape index (κ3) is 1.99. The second kappa shape index (κ2) is 4.97. The van der Waals surface area contributed by atoms with Crippen LogP contribution in [0.15, 0.2) is 0 Å². The first kappa shape index (κ1) is 17.4. The Bertz CT molecular complexity index is 358. The van der Waals surface area contributed by atoms with Crippen LogP contribution in [0.25, 0.3) is 0 Å². The highest BCUT2D eigenvalue weighted by Gasteiger charge is 2.86. The van der Waals surface area contributed by atoms with Gasteiger partial charge in [0.2, 0.25) is 11.3 Å². The minimum atomic E-state index is -5.74. The molecule has 3 unspecified atom stereocenters. The summed E-state index contributed by atoms with van der Waals surface area (Å²) in [5.74, 6) is -7.71. The number of methoxy groups -OCH3 is 1. The first-order valence-electron chi connectivity index (χ1n) is 5.43. The van der Waals surface area contributed by atoms with Gasteiger partial charge in [-0.05, 0) is 6.42 Å². The van der Waals surface area contributed by atoms with Crippen molar-refractivity contribution in [1.29, 1.82) is 0 Å². The predicted octanol–water partition coefficient (Wildman–Crippen LogP) is 3.56. The van der Waals surface area contributed by atoms with Crippen molar-refractivity contribution < 1.29 is 44.6 Å². The molecule has 0 amide bonds. The fourth-order valence-corrected chi connectivity index (χ4v) is 2.36. The van der Waals surface area contributed by atoms with E-state index in [0.29, 0.717) is 6.92 Å². The number of halogens is 8. The van der Waals surface area contributed by atoms with Crippen LogP contribution < -0.4 is 0 Å². The summed E-state index contributed by atoms with van der Waals surface area (Å²) in [7, 11) is 0.858. The van der Waals surface area contributed by atoms with Crippen molar-refractivity contribution in [3.8, 4) is 0 Å². The van der Waals surface area contributed by atoms with Crippen molar-refractivity contribution in [3.63, 3.8) is 0 Å². The predicted molar refractivity (Wildman–Crippen MR) is 50.3 cm³/mol. The molecule has 1 saturated carbocycles. The van der Waals surface area contributed by atoms with E-state index in [0.717, 1.165) is 7.11 Å². The molecule has 0 spiro atoms. The van der Waals surface area contributed by atoms with E-state index in [-0.39, 0.29) is 0 Å². The molecule has 20 heavy (non-hydrogen) atoms. The second-order valence-corrected chi connectivity index (χ2v) is 4.62. The Morgan fingerprint density at radius 1 is 1.20 bits per heavy atom. The van der Waals surface area contributed by atoms with Crippen LogP contribution in [-0.2, 0) is 9.47 Å². The van der Waals surface area contributed by atoms with E-state index in [1.165, 1.54) is 0 Å². The van der Waals surface area contributed by atoms with E-state index in [4.69, 9.17) is 0 Å². The molecule has 0 saturated heterocycles. The first-order valence-corrected chi connectivity index (χ1v) is 5.43. The smallest absolute Gasteiger partial charge is 0.359 e. The van der Waals surface area contributed by atoms with E-state index < -0.39 is 48.9 Å². The molecule has 1 rings (SSSR count). The van der Waals surface area contributed by atoms with Crippen molar-refractivity contribution in [2.45, 2.75) is 43.1 Å². The molecule has 0 radical (unpaired) electrons. The SMILES string of the molecule is COCOC1(C(F)(F)F)CC(C)C(F)(C(F)F)C1(F)F.